The third-order valence-electron chi connectivity index (χ3n) is 4.20. The molecule has 2 aromatic carbocycles. The molecule has 10 heteroatoms. The van der Waals surface area contributed by atoms with Crippen LogP contribution in [0.2, 0.25) is 0 Å². The highest BCUT2D eigenvalue weighted by atomic mass is 32.2. The molecule has 28 heavy (non-hydrogen) atoms. The minimum Gasteiger partial charge on any atom is -0.352 e. The highest BCUT2D eigenvalue weighted by Crippen LogP contribution is 2.30. The first kappa shape index (κ1) is 19.9. The van der Waals surface area contributed by atoms with Gasteiger partial charge in [-0.05, 0) is 29.8 Å². The molecule has 0 aromatic heterocycles. The van der Waals surface area contributed by atoms with E-state index in [2.05, 4.69) is 5.32 Å². The van der Waals surface area contributed by atoms with E-state index in [1.807, 2.05) is 0 Å². The van der Waals surface area contributed by atoms with Crippen LogP contribution in [-0.4, -0.2) is 31.1 Å². The summed E-state index contributed by atoms with van der Waals surface area (Å²) < 4.78 is 63.5. The molecule has 0 aliphatic carbocycles. The van der Waals surface area contributed by atoms with E-state index in [4.69, 9.17) is 0 Å². The second kappa shape index (κ2) is 7.27. The number of carbonyl (C=O) groups excluding carboxylic acids is 2. The zero-order chi connectivity index (χ0) is 20.5. The zero-order valence-corrected chi connectivity index (χ0v) is 15.2. The molecule has 0 unspecified atom stereocenters. The smallest absolute Gasteiger partial charge is 0.352 e. The maximum absolute atomic E-state index is 12.7. The maximum Gasteiger partial charge on any atom is 0.416 e. The second-order valence-electron chi connectivity index (χ2n) is 6.10. The number of amides is 2. The van der Waals surface area contributed by atoms with Crippen LogP contribution in [0.5, 0.6) is 0 Å². The van der Waals surface area contributed by atoms with Crippen LogP contribution in [0.15, 0.2) is 53.4 Å². The van der Waals surface area contributed by atoms with E-state index in [0.717, 1.165) is 12.1 Å². The summed E-state index contributed by atoms with van der Waals surface area (Å²) in [5.41, 5.74) is -0.530. The van der Waals surface area contributed by atoms with Crippen LogP contribution in [0, 0.1) is 0 Å². The van der Waals surface area contributed by atoms with Crippen molar-refractivity contribution in [2.75, 3.05) is 6.54 Å². The second-order valence-corrected chi connectivity index (χ2v) is 7.93. The van der Waals surface area contributed by atoms with Gasteiger partial charge in [-0.1, -0.05) is 24.3 Å². The molecule has 3 rings (SSSR count). The van der Waals surface area contributed by atoms with Crippen molar-refractivity contribution >= 4 is 21.8 Å². The fourth-order valence-electron chi connectivity index (χ4n) is 2.80. The molecule has 0 bridgehead atoms. The van der Waals surface area contributed by atoms with Gasteiger partial charge in [0, 0.05) is 19.5 Å². The van der Waals surface area contributed by atoms with Crippen molar-refractivity contribution in [3.63, 3.8) is 0 Å². The Labute approximate surface area is 159 Å². The molecule has 0 spiro atoms. The third kappa shape index (κ3) is 3.86. The normalized spacial score (nSPS) is 15.4. The number of hydrogen-bond acceptors (Lipinski definition) is 4. The lowest BCUT2D eigenvalue weighted by molar-refractivity contribution is -0.137. The molecule has 2 amide bonds. The van der Waals surface area contributed by atoms with Gasteiger partial charge >= 0.3 is 6.18 Å². The minimum atomic E-state index is -4.49. The lowest BCUT2D eigenvalue weighted by Crippen LogP contribution is -2.34. The van der Waals surface area contributed by atoms with Gasteiger partial charge in [-0.3, -0.25) is 9.59 Å². The number of hydrogen-bond donors (Lipinski definition) is 1. The molecular formula is C18H15F3N2O4S. The summed E-state index contributed by atoms with van der Waals surface area (Å²) >= 11 is 0. The first-order valence-corrected chi connectivity index (χ1v) is 9.63. The van der Waals surface area contributed by atoms with E-state index in [9.17, 15) is 31.2 Å². The Bertz CT molecular complexity index is 1040. The van der Waals surface area contributed by atoms with E-state index >= 15 is 0 Å². The van der Waals surface area contributed by atoms with Crippen molar-refractivity contribution in [2.45, 2.75) is 24.0 Å². The summed E-state index contributed by atoms with van der Waals surface area (Å²) in [6.07, 6.45) is -4.79. The quantitative estimate of drug-likeness (QED) is 0.818. The number of halogens is 3. The van der Waals surface area contributed by atoms with Crippen LogP contribution < -0.4 is 5.32 Å². The Hall–Kier alpha value is -2.88. The Morgan fingerprint density at radius 2 is 1.79 bits per heavy atom. The molecule has 6 nitrogen and oxygen atoms in total. The van der Waals surface area contributed by atoms with Crippen LogP contribution in [-0.2, 0) is 27.5 Å². The molecule has 0 saturated heterocycles. The Kier molecular flexibility index (Phi) is 5.16. The number of benzene rings is 2. The number of fused-ring (bicyclic) bond motifs is 1. The summed E-state index contributed by atoms with van der Waals surface area (Å²) in [7, 11) is -4.00. The number of carbonyl (C=O) groups is 2. The first-order chi connectivity index (χ1) is 13.1. The van der Waals surface area contributed by atoms with Crippen LogP contribution >= 0.6 is 0 Å². The number of alkyl halides is 3. The van der Waals surface area contributed by atoms with Crippen LogP contribution in [0.25, 0.3) is 0 Å². The minimum absolute atomic E-state index is 0.0480. The Morgan fingerprint density at radius 1 is 1.07 bits per heavy atom. The highest BCUT2D eigenvalue weighted by molar-refractivity contribution is 7.90. The molecule has 1 aliphatic heterocycles. The average Bonchev–Trinajstić information content (AvgIpc) is 2.84. The molecule has 1 N–H and O–H groups in total. The Morgan fingerprint density at radius 3 is 2.46 bits per heavy atom. The van der Waals surface area contributed by atoms with Crippen molar-refractivity contribution in [2.24, 2.45) is 0 Å². The van der Waals surface area contributed by atoms with Crippen LogP contribution in [0.4, 0.5) is 13.2 Å². The molecule has 148 valence electrons. The van der Waals surface area contributed by atoms with Crippen molar-refractivity contribution in [1.29, 1.82) is 0 Å². The third-order valence-corrected chi connectivity index (χ3v) is 6.04. The van der Waals surface area contributed by atoms with Crippen molar-refractivity contribution in [3.05, 3.63) is 65.2 Å². The van der Waals surface area contributed by atoms with E-state index in [1.54, 1.807) is 0 Å². The van der Waals surface area contributed by atoms with Gasteiger partial charge in [-0.15, -0.1) is 0 Å². The predicted octanol–water partition coefficient (Wildman–Crippen LogP) is 2.56. The molecule has 0 radical (unpaired) electrons. The van der Waals surface area contributed by atoms with Crippen molar-refractivity contribution in [3.8, 4) is 0 Å². The average molecular weight is 412 g/mol. The molecule has 1 heterocycles. The number of sulfonamides is 1. The van der Waals surface area contributed by atoms with Gasteiger partial charge in [-0.2, -0.15) is 13.2 Å². The summed E-state index contributed by atoms with van der Waals surface area (Å²) in [4.78, 5) is 24.1. The van der Waals surface area contributed by atoms with Gasteiger partial charge in [0.25, 0.3) is 15.9 Å². The van der Waals surface area contributed by atoms with Crippen LogP contribution in [0.3, 0.4) is 0 Å². The first-order valence-electron chi connectivity index (χ1n) is 8.19. The lowest BCUT2D eigenvalue weighted by atomic mass is 10.1. The highest BCUT2D eigenvalue weighted by Gasteiger charge is 2.40. The molecule has 0 fully saturated rings. The van der Waals surface area contributed by atoms with E-state index in [-0.39, 0.29) is 35.5 Å². The van der Waals surface area contributed by atoms with E-state index in [1.165, 1.54) is 36.4 Å². The number of rotatable bonds is 5. The van der Waals surface area contributed by atoms with Gasteiger partial charge in [0.05, 0.1) is 11.1 Å². The summed E-state index contributed by atoms with van der Waals surface area (Å²) in [6, 6.07) is 10.3. The van der Waals surface area contributed by atoms with E-state index < -0.39 is 33.6 Å². The summed E-state index contributed by atoms with van der Waals surface area (Å²) in [5, 5.41) is 2.43. The predicted molar refractivity (Wildman–Crippen MR) is 92.6 cm³/mol. The summed E-state index contributed by atoms with van der Waals surface area (Å²) in [6.45, 7) is -0.506. The largest absolute Gasteiger partial charge is 0.416 e. The fourth-order valence-corrected chi connectivity index (χ4v) is 4.37. The maximum atomic E-state index is 12.7. The zero-order valence-electron chi connectivity index (χ0n) is 14.4. The standard InChI is InChI=1S/C18H15F3N2O4S/c19-18(20,21)13-5-3-4-12(10-13)11-22-16(24)8-9-23-17(25)14-6-1-2-7-15(14)28(23,26)27/h1-7,10H,8-9,11H2,(H,22,24). The molecule has 1 aliphatic rings. The topological polar surface area (TPSA) is 83.6 Å². The lowest BCUT2D eigenvalue weighted by Gasteiger charge is -2.15. The van der Waals surface area contributed by atoms with Gasteiger partial charge in [-0.25, -0.2) is 12.7 Å². The van der Waals surface area contributed by atoms with Gasteiger partial charge in [0.1, 0.15) is 4.90 Å². The van der Waals surface area contributed by atoms with Gasteiger partial charge in [0.15, 0.2) is 0 Å². The molecule has 0 atom stereocenters. The SMILES string of the molecule is O=C(CCN1C(=O)c2ccccc2S1(=O)=O)NCc1cccc(C(F)(F)F)c1. The molecular weight excluding hydrogens is 397 g/mol. The van der Waals surface area contributed by atoms with Gasteiger partial charge < -0.3 is 5.32 Å². The molecule has 2 aromatic rings. The number of nitrogens with zero attached hydrogens (tertiary/aromatic N) is 1. The summed E-state index contributed by atoms with van der Waals surface area (Å²) in [5.74, 6) is -1.29. The Balaban J connectivity index is 1.59. The molecule has 0 saturated carbocycles. The van der Waals surface area contributed by atoms with E-state index in [0.29, 0.717) is 4.31 Å². The van der Waals surface area contributed by atoms with Gasteiger partial charge in [0.2, 0.25) is 5.91 Å². The monoisotopic (exact) mass is 412 g/mol. The van der Waals surface area contributed by atoms with Crippen LogP contribution in [0.1, 0.15) is 27.9 Å². The van der Waals surface area contributed by atoms with Crippen molar-refractivity contribution < 1.29 is 31.2 Å². The fraction of sp³-hybridized carbons (Fsp3) is 0.222. The number of nitrogens with one attached hydrogen (secondary N) is 1. The van der Waals surface area contributed by atoms with Crippen molar-refractivity contribution in [1.82, 2.24) is 9.62 Å².